The number of fused-ring (bicyclic) bond motifs is 1. The number of benzene rings is 2. The second kappa shape index (κ2) is 8.22. The van der Waals surface area contributed by atoms with Crippen molar-refractivity contribution in [1.29, 1.82) is 0 Å². The van der Waals surface area contributed by atoms with Crippen molar-refractivity contribution < 1.29 is 13.6 Å². The summed E-state index contributed by atoms with van der Waals surface area (Å²) >= 11 is 18.3. The first-order valence-electron chi connectivity index (χ1n) is 8.67. The topological polar surface area (TPSA) is 46.9 Å². The zero-order valence-electron chi connectivity index (χ0n) is 15.1. The van der Waals surface area contributed by atoms with Gasteiger partial charge in [0.25, 0.3) is 5.91 Å². The molecule has 9 heteroatoms. The molecule has 0 fully saturated rings. The van der Waals surface area contributed by atoms with Gasteiger partial charge in [-0.2, -0.15) is 0 Å². The number of hydrogen-bond acceptors (Lipinski definition) is 2. The average molecular weight is 467 g/mol. The number of pyridine rings is 1. The van der Waals surface area contributed by atoms with Gasteiger partial charge in [0.1, 0.15) is 17.3 Å². The quantitative estimate of drug-likeness (QED) is 0.369. The maximum Gasteiger partial charge on any atom is 0.257 e. The molecule has 0 saturated heterocycles. The van der Waals surface area contributed by atoms with E-state index in [1.54, 1.807) is 28.8 Å². The van der Waals surface area contributed by atoms with Gasteiger partial charge in [-0.25, -0.2) is 13.8 Å². The van der Waals surface area contributed by atoms with Gasteiger partial charge in [-0.1, -0.05) is 46.9 Å². The first-order chi connectivity index (χ1) is 14.3. The Morgan fingerprint density at radius 2 is 1.80 bits per heavy atom. The van der Waals surface area contributed by atoms with E-state index in [2.05, 4.69) is 10.3 Å². The third-order valence-electron chi connectivity index (χ3n) is 4.48. The normalized spacial score (nSPS) is 11.1. The van der Waals surface area contributed by atoms with Crippen LogP contribution >= 0.6 is 34.8 Å². The lowest BCUT2D eigenvalue weighted by Gasteiger charge is -2.08. The molecule has 0 unspecified atom stereocenters. The number of halogens is 5. The van der Waals surface area contributed by atoms with Crippen LogP contribution < -0.4 is 5.32 Å². The molecule has 4 nitrogen and oxygen atoms in total. The number of nitrogens with zero attached hydrogens (tertiary/aromatic N) is 2. The highest BCUT2D eigenvalue weighted by atomic mass is 35.5. The average Bonchev–Trinajstić information content (AvgIpc) is 3.04. The maximum absolute atomic E-state index is 14.1. The Hall–Kier alpha value is -2.67. The van der Waals surface area contributed by atoms with Crippen molar-refractivity contribution in [3.8, 4) is 0 Å². The van der Waals surface area contributed by atoms with E-state index in [1.807, 2.05) is 0 Å². The summed E-state index contributed by atoms with van der Waals surface area (Å²) in [6, 6.07) is 9.76. The summed E-state index contributed by atoms with van der Waals surface area (Å²) in [4.78, 5) is 17.3. The van der Waals surface area contributed by atoms with Crippen molar-refractivity contribution in [2.75, 3.05) is 5.32 Å². The first-order valence-corrected chi connectivity index (χ1v) is 9.80. The summed E-state index contributed by atoms with van der Waals surface area (Å²) in [5.41, 5.74) is 1.18. The minimum atomic E-state index is -0.695. The summed E-state index contributed by atoms with van der Waals surface area (Å²) in [7, 11) is 0. The predicted molar refractivity (Wildman–Crippen MR) is 115 cm³/mol. The number of rotatable bonds is 4. The minimum absolute atomic E-state index is 0.0391. The highest BCUT2D eigenvalue weighted by molar-refractivity contribution is 6.40. The molecule has 0 saturated carbocycles. The zero-order valence-corrected chi connectivity index (χ0v) is 17.4. The Morgan fingerprint density at radius 3 is 2.50 bits per heavy atom. The van der Waals surface area contributed by atoms with E-state index in [1.165, 1.54) is 24.5 Å². The molecule has 0 aliphatic heterocycles. The Morgan fingerprint density at radius 1 is 1.07 bits per heavy atom. The molecule has 2 aromatic heterocycles. The minimum Gasteiger partial charge on any atom is -0.327 e. The van der Waals surface area contributed by atoms with E-state index < -0.39 is 17.5 Å². The Kier molecular flexibility index (Phi) is 5.64. The number of aromatic nitrogens is 2. The summed E-state index contributed by atoms with van der Waals surface area (Å²) in [6.45, 7) is 0.0391. The molecule has 0 spiro atoms. The van der Waals surface area contributed by atoms with Crippen LogP contribution in [0.1, 0.15) is 15.9 Å². The number of carbonyl (C=O) groups excluding carboxylic acids is 1. The molecule has 1 amide bonds. The lowest BCUT2D eigenvalue weighted by molar-refractivity contribution is 0.102. The van der Waals surface area contributed by atoms with Gasteiger partial charge in [0.2, 0.25) is 0 Å². The van der Waals surface area contributed by atoms with Crippen LogP contribution in [0.15, 0.2) is 54.9 Å². The van der Waals surface area contributed by atoms with Crippen molar-refractivity contribution in [3.63, 3.8) is 0 Å². The molecular weight excluding hydrogens is 455 g/mol. The van der Waals surface area contributed by atoms with Gasteiger partial charge >= 0.3 is 0 Å². The fourth-order valence-corrected chi connectivity index (χ4v) is 3.73. The first kappa shape index (κ1) is 20.6. The van der Waals surface area contributed by atoms with Crippen molar-refractivity contribution >= 4 is 57.4 Å². The molecular formula is C21H12Cl3F2N3O. The number of hydrogen-bond donors (Lipinski definition) is 1. The molecule has 0 bridgehead atoms. The molecule has 152 valence electrons. The molecule has 0 atom stereocenters. The van der Waals surface area contributed by atoms with Gasteiger partial charge in [-0.3, -0.25) is 4.79 Å². The Labute approximate surface area is 185 Å². The highest BCUT2D eigenvalue weighted by Gasteiger charge is 2.19. The van der Waals surface area contributed by atoms with E-state index in [0.717, 1.165) is 6.07 Å². The van der Waals surface area contributed by atoms with Gasteiger partial charge < -0.3 is 9.88 Å². The van der Waals surface area contributed by atoms with Crippen LogP contribution in [0, 0.1) is 11.6 Å². The van der Waals surface area contributed by atoms with E-state index in [4.69, 9.17) is 34.8 Å². The zero-order chi connectivity index (χ0) is 21.4. The molecule has 0 radical (unpaired) electrons. The molecule has 4 aromatic rings. The number of nitrogens with one attached hydrogen (secondary N) is 1. The summed E-state index contributed by atoms with van der Waals surface area (Å²) in [6.07, 6.45) is 2.95. The second-order valence-corrected chi connectivity index (χ2v) is 7.73. The van der Waals surface area contributed by atoms with Gasteiger partial charge in [-0.05, 0) is 24.3 Å². The van der Waals surface area contributed by atoms with Gasteiger partial charge in [0.15, 0.2) is 0 Å². The molecule has 1 N–H and O–H groups in total. The molecule has 2 aromatic carbocycles. The van der Waals surface area contributed by atoms with Crippen molar-refractivity contribution in [2.45, 2.75) is 6.54 Å². The highest BCUT2D eigenvalue weighted by Crippen LogP contribution is 2.31. The SMILES string of the molecule is O=C(Nc1c(Cl)cccc1Cl)c1cn(Cc2ccc(F)cc2F)c2ncc(Cl)cc12. The van der Waals surface area contributed by atoms with Crippen LogP contribution in [-0.2, 0) is 6.54 Å². The van der Waals surface area contributed by atoms with E-state index in [9.17, 15) is 13.6 Å². The summed E-state index contributed by atoms with van der Waals surface area (Å²) < 4.78 is 28.9. The molecule has 0 aliphatic rings. The second-order valence-electron chi connectivity index (χ2n) is 6.48. The lowest BCUT2D eigenvalue weighted by atomic mass is 10.2. The predicted octanol–water partition coefficient (Wildman–Crippen LogP) is 6.58. The lowest BCUT2D eigenvalue weighted by Crippen LogP contribution is -2.12. The van der Waals surface area contributed by atoms with E-state index in [0.29, 0.717) is 16.1 Å². The van der Waals surface area contributed by atoms with Crippen molar-refractivity contribution in [1.82, 2.24) is 9.55 Å². The van der Waals surface area contributed by atoms with E-state index in [-0.39, 0.29) is 33.4 Å². The number of para-hydroxylation sites is 1. The van der Waals surface area contributed by atoms with Crippen LogP contribution in [0.2, 0.25) is 15.1 Å². The summed E-state index contributed by atoms with van der Waals surface area (Å²) in [5, 5.41) is 4.05. The molecule has 4 rings (SSSR count). The fourth-order valence-electron chi connectivity index (χ4n) is 3.08. The van der Waals surface area contributed by atoms with Gasteiger partial charge in [0, 0.05) is 29.4 Å². The smallest absolute Gasteiger partial charge is 0.257 e. The molecule has 30 heavy (non-hydrogen) atoms. The summed E-state index contributed by atoms with van der Waals surface area (Å²) in [5.74, 6) is -1.85. The third-order valence-corrected chi connectivity index (χ3v) is 5.32. The van der Waals surface area contributed by atoms with Gasteiger partial charge in [0.05, 0.1) is 32.9 Å². The Balaban J connectivity index is 1.76. The molecule has 0 aliphatic carbocycles. The van der Waals surface area contributed by atoms with Gasteiger partial charge in [-0.15, -0.1) is 0 Å². The number of carbonyl (C=O) groups is 1. The van der Waals surface area contributed by atoms with Crippen LogP contribution in [0.5, 0.6) is 0 Å². The third kappa shape index (κ3) is 3.99. The monoisotopic (exact) mass is 465 g/mol. The standard InChI is InChI=1S/C21H12Cl3F2N3O/c22-12-6-14-15(21(30)28-19-16(23)2-1-3-17(19)24)10-29(20(14)27-8-12)9-11-4-5-13(25)7-18(11)26/h1-8,10H,9H2,(H,28,30). The number of amides is 1. The van der Waals surface area contributed by atoms with Crippen molar-refractivity contribution in [2.24, 2.45) is 0 Å². The number of anilines is 1. The van der Waals surface area contributed by atoms with Crippen molar-refractivity contribution in [3.05, 3.63) is 92.7 Å². The molecule has 2 heterocycles. The van der Waals surface area contributed by atoms with Crippen LogP contribution in [-0.4, -0.2) is 15.5 Å². The van der Waals surface area contributed by atoms with Crippen LogP contribution in [0.4, 0.5) is 14.5 Å². The maximum atomic E-state index is 14.1. The van der Waals surface area contributed by atoms with E-state index >= 15 is 0 Å². The largest absolute Gasteiger partial charge is 0.327 e. The fraction of sp³-hybridized carbons (Fsp3) is 0.0476. The van der Waals surface area contributed by atoms with Crippen LogP contribution in [0.3, 0.4) is 0 Å². The van der Waals surface area contributed by atoms with Crippen LogP contribution in [0.25, 0.3) is 11.0 Å². The Bertz CT molecular complexity index is 1270.